The molecule has 1 aromatic heterocycles. The molecule has 0 atom stereocenters. The Hall–Kier alpha value is -2.14. The van der Waals surface area contributed by atoms with Crippen molar-refractivity contribution in [2.45, 2.75) is 27.7 Å². The Morgan fingerprint density at radius 3 is 2.48 bits per heavy atom. The van der Waals surface area contributed by atoms with Crippen LogP contribution in [0.1, 0.15) is 33.3 Å². The fraction of sp³-hybridized carbons (Fsp3) is 0.333. The van der Waals surface area contributed by atoms with E-state index in [0.717, 1.165) is 11.3 Å². The molecule has 122 valence electrons. The van der Waals surface area contributed by atoms with E-state index < -0.39 is 5.41 Å². The van der Waals surface area contributed by atoms with Gasteiger partial charge < -0.3 is 9.72 Å². The van der Waals surface area contributed by atoms with Gasteiger partial charge in [-0.05, 0) is 30.7 Å². The Bertz CT molecular complexity index is 851. The zero-order valence-corrected chi connectivity index (χ0v) is 14.6. The molecule has 0 fully saturated rings. The number of rotatable bonds is 4. The van der Waals surface area contributed by atoms with Crippen LogP contribution in [0.4, 0.5) is 0 Å². The van der Waals surface area contributed by atoms with Gasteiger partial charge in [0.1, 0.15) is 5.75 Å². The Labute approximate surface area is 139 Å². The monoisotopic (exact) mass is 331 g/mol. The summed E-state index contributed by atoms with van der Waals surface area (Å²) in [6.07, 6.45) is 3.31. The van der Waals surface area contributed by atoms with Crippen molar-refractivity contribution in [3.8, 4) is 5.75 Å². The number of hydrogen-bond acceptors (Lipinski definition) is 4. The molecule has 0 aliphatic carbocycles. The minimum atomic E-state index is -0.458. The minimum absolute atomic E-state index is 0.0115. The summed E-state index contributed by atoms with van der Waals surface area (Å²) in [6, 6.07) is 7.53. The van der Waals surface area contributed by atoms with E-state index in [4.69, 9.17) is 4.74 Å². The van der Waals surface area contributed by atoms with Gasteiger partial charge >= 0.3 is 0 Å². The molecule has 0 saturated heterocycles. The lowest BCUT2D eigenvalue weighted by Gasteiger charge is -2.12. The van der Waals surface area contributed by atoms with Crippen LogP contribution in [0.5, 0.6) is 5.75 Å². The lowest BCUT2D eigenvalue weighted by Crippen LogP contribution is -2.22. The first kappa shape index (κ1) is 17.2. The summed E-state index contributed by atoms with van der Waals surface area (Å²) in [5, 5.41) is 0. The molecule has 1 N–H and O–H groups in total. The van der Waals surface area contributed by atoms with Crippen LogP contribution < -0.4 is 19.5 Å². The van der Waals surface area contributed by atoms with Crippen LogP contribution in [0.15, 0.2) is 29.1 Å². The highest BCUT2D eigenvalue weighted by atomic mass is 32.1. The molecule has 5 heteroatoms. The van der Waals surface area contributed by atoms with Gasteiger partial charge in [-0.1, -0.05) is 32.9 Å². The number of ether oxygens (including phenoxy) is 1. The second-order valence-electron chi connectivity index (χ2n) is 6.19. The number of carbonyl (C=O) groups excluding carboxylic acids is 1. The van der Waals surface area contributed by atoms with E-state index in [1.165, 1.54) is 17.4 Å². The molecule has 0 aliphatic rings. The van der Waals surface area contributed by atoms with Gasteiger partial charge in [0.15, 0.2) is 5.78 Å². The summed E-state index contributed by atoms with van der Waals surface area (Å²) in [5.74, 6) is 0.789. The van der Waals surface area contributed by atoms with Gasteiger partial charge in [-0.2, -0.15) is 0 Å². The van der Waals surface area contributed by atoms with E-state index in [1.54, 1.807) is 6.08 Å². The number of aromatic amines is 1. The number of aromatic nitrogens is 1. The lowest BCUT2D eigenvalue weighted by atomic mass is 9.91. The Morgan fingerprint density at radius 2 is 1.91 bits per heavy atom. The van der Waals surface area contributed by atoms with Crippen molar-refractivity contribution in [3.63, 3.8) is 0 Å². The molecule has 0 amide bonds. The highest BCUT2D eigenvalue weighted by Crippen LogP contribution is 2.15. The predicted molar refractivity (Wildman–Crippen MR) is 94.3 cm³/mol. The number of nitrogens with one attached hydrogen (secondary N) is 1. The first-order valence-corrected chi connectivity index (χ1v) is 8.31. The molecule has 4 nitrogen and oxygen atoms in total. The van der Waals surface area contributed by atoms with Gasteiger partial charge in [0.05, 0.1) is 15.8 Å². The molecule has 0 unspecified atom stereocenters. The Kier molecular flexibility index (Phi) is 5.21. The number of ketones is 1. The number of H-pyrrole nitrogens is 1. The fourth-order valence-electron chi connectivity index (χ4n) is 1.84. The third-order valence-electron chi connectivity index (χ3n) is 3.17. The maximum atomic E-state index is 12.0. The van der Waals surface area contributed by atoms with Crippen LogP contribution in [-0.4, -0.2) is 17.4 Å². The van der Waals surface area contributed by atoms with Crippen molar-refractivity contribution >= 4 is 29.3 Å². The smallest absolute Gasteiger partial charge is 0.266 e. The molecular formula is C18H21NO3S. The highest BCUT2D eigenvalue weighted by Gasteiger charge is 2.18. The van der Waals surface area contributed by atoms with Gasteiger partial charge in [0.25, 0.3) is 5.56 Å². The quantitative estimate of drug-likeness (QED) is 0.933. The number of Topliss-reactive ketones (excluding diaryl/α,β-unsaturated/α-hetero) is 1. The van der Waals surface area contributed by atoms with E-state index in [9.17, 15) is 9.59 Å². The zero-order chi connectivity index (χ0) is 17.0. The van der Waals surface area contributed by atoms with Crippen LogP contribution in [0.25, 0.3) is 12.2 Å². The summed E-state index contributed by atoms with van der Waals surface area (Å²) in [7, 11) is 0. The second-order valence-corrected chi connectivity index (χ2v) is 7.27. The van der Waals surface area contributed by atoms with Gasteiger partial charge in [0.2, 0.25) is 0 Å². The van der Waals surface area contributed by atoms with E-state index in [2.05, 4.69) is 4.98 Å². The molecule has 0 radical (unpaired) electrons. The fourth-order valence-corrected chi connectivity index (χ4v) is 2.72. The van der Waals surface area contributed by atoms with E-state index in [1.807, 2.05) is 52.0 Å². The number of thiazole rings is 1. The molecule has 1 heterocycles. The van der Waals surface area contributed by atoms with Gasteiger partial charge in [-0.15, -0.1) is 11.3 Å². The highest BCUT2D eigenvalue weighted by molar-refractivity contribution is 7.07. The van der Waals surface area contributed by atoms with Crippen molar-refractivity contribution in [1.29, 1.82) is 0 Å². The molecule has 0 spiro atoms. The van der Waals surface area contributed by atoms with Crippen molar-refractivity contribution in [1.82, 2.24) is 4.98 Å². The minimum Gasteiger partial charge on any atom is -0.494 e. The van der Waals surface area contributed by atoms with Crippen LogP contribution in [-0.2, 0) is 4.79 Å². The molecule has 2 rings (SSSR count). The van der Waals surface area contributed by atoms with E-state index in [-0.39, 0.29) is 11.3 Å². The number of carbonyl (C=O) groups is 1. The average Bonchev–Trinajstić information content (AvgIpc) is 2.80. The van der Waals surface area contributed by atoms with Crippen molar-refractivity contribution in [2.24, 2.45) is 5.41 Å². The van der Waals surface area contributed by atoms with Crippen LogP contribution >= 0.6 is 11.3 Å². The number of hydrogen-bond donors (Lipinski definition) is 1. The molecular weight excluding hydrogens is 310 g/mol. The molecule has 0 saturated carbocycles. The first-order chi connectivity index (χ1) is 10.8. The van der Waals surface area contributed by atoms with Crippen molar-refractivity contribution in [3.05, 3.63) is 49.4 Å². The largest absolute Gasteiger partial charge is 0.494 e. The maximum absolute atomic E-state index is 12.0. The lowest BCUT2D eigenvalue weighted by molar-refractivity contribution is -0.119. The van der Waals surface area contributed by atoms with E-state index >= 15 is 0 Å². The molecule has 2 aromatic rings. The predicted octanol–water partition coefficient (Wildman–Crippen LogP) is 2.06. The summed E-state index contributed by atoms with van der Waals surface area (Å²) in [6.45, 7) is 8.11. The van der Waals surface area contributed by atoms with Gasteiger partial charge in [-0.3, -0.25) is 9.59 Å². The average molecular weight is 331 g/mol. The Balaban J connectivity index is 2.36. The first-order valence-electron chi connectivity index (χ1n) is 7.49. The topological polar surface area (TPSA) is 59.2 Å². The molecule has 1 aromatic carbocycles. The Morgan fingerprint density at radius 1 is 1.26 bits per heavy atom. The van der Waals surface area contributed by atoms with Gasteiger partial charge in [-0.25, -0.2) is 0 Å². The molecule has 23 heavy (non-hydrogen) atoms. The molecule has 0 aliphatic heterocycles. The maximum Gasteiger partial charge on any atom is 0.266 e. The molecule has 0 bridgehead atoms. The van der Waals surface area contributed by atoms with E-state index in [0.29, 0.717) is 15.8 Å². The van der Waals surface area contributed by atoms with Crippen LogP contribution in [0.3, 0.4) is 0 Å². The normalized spacial score (nSPS) is 13.4. The standard InChI is InChI=1S/C18H21NO3S/c1-5-22-13-8-6-12(7-9-13)10-14-17(21)19-16(23-14)11-15(20)18(2,3)4/h6-11H,5H2,1-4H3,(H,19,21)/b14-10-,16-11-. The summed E-state index contributed by atoms with van der Waals surface area (Å²) in [5.41, 5.74) is 0.270. The van der Waals surface area contributed by atoms with Gasteiger partial charge in [0, 0.05) is 11.5 Å². The third-order valence-corrected chi connectivity index (χ3v) is 4.13. The SMILES string of the molecule is CCOc1ccc(/C=c2\s/c(=C\C(=O)C(C)(C)C)[nH]c2=O)cc1. The summed E-state index contributed by atoms with van der Waals surface area (Å²) >= 11 is 1.28. The third kappa shape index (κ3) is 4.66. The number of benzene rings is 1. The second kappa shape index (κ2) is 6.96. The van der Waals surface area contributed by atoms with Crippen molar-refractivity contribution < 1.29 is 9.53 Å². The zero-order valence-electron chi connectivity index (χ0n) is 13.8. The van der Waals surface area contributed by atoms with Crippen molar-refractivity contribution in [2.75, 3.05) is 6.61 Å². The van der Waals surface area contributed by atoms with Crippen LogP contribution in [0.2, 0.25) is 0 Å². The summed E-state index contributed by atoms with van der Waals surface area (Å²) < 4.78 is 6.54. The summed E-state index contributed by atoms with van der Waals surface area (Å²) in [4.78, 5) is 26.8. The van der Waals surface area contributed by atoms with Crippen LogP contribution in [0, 0.1) is 5.41 Å².